The number of rotatable bonds is 7. The molecule has 1 N–H and O–H groups in total. The summed E-state index contributed by atoms with van der Waals surface area (Å²) in [5.74, 6) is 0.428. The number of nitrogens with one attached hydrogen (secondary N) is 1. The van der Waals surface area contributed by atoms with Crippen LogP contribution in [0, 0.1) is 6.92 Å². The third-order valence-electron chi connectivity index (χ3n) is 4.51. The van der Waals surface area contributed by atoms with E-state index in [4.69, 9.17) is 4.98 Å². The van der Waals surface area contributed by atoms with Gasteiger partial charge in [0, 0.05) is 11.7 Å². The lowest BCUT2D eigenvalue weighted by molar-refractivity contribution is -0.119. The smallest absolute Gasteiger partial charge is 0.230 e. The van der Waals surface area contributed by atoms with Gasteiger partial charge in [0.05, 0.1) is 16.8 Å². The zero-order valence-electron chi connectivity index (χ0n) is 15.5. The molecule has 4 nitrogen and oxygen atoms in total. The standard InChI is InChI=1S/C21H25N3OS/c1-4-16(5-2)22-20(25)14-26-21-23-18-8-6-7-9-19(18)24(21)17-12-10-15(3)11-13-17/h6-13,16H,4-5,14H2,1-3H3,(H,22,25). The minimum Gasteiger partial charge on any atom is -0.353 e. The highest BCUT2D eigenvalue weighted by Gasteiger charge is 2.15. The summed E-state index contributed by atoms with van der Waals surface area (Å²) in [6.07, 6.45) is 1.91. The molecule has 0 atom stereocenters. The SMILES string of the molecule is CCC(CC)NC(=O)CSc1nc2ccccc2n1-c1ccc(C)cc1. The molecule has 3 rings (SSSR count). The maximum absolute atomic E-state index is 12.3. The van der Waals surface area contributed by atoms with Crippen LogP contribution < -0.4 is 5.32 Å². The van der Waals surface area contributed by atoms with Crippen molar-refractivity contribution in [2.24, 2.45) is 0 Å². The number of aryl methyl sites for hydroxylation is 1. The molecule has 1 heterocycles. The van der Waals surface area contributed by atoms with Crippen LogP contribution in [-0.4, -0.2) is 27.3 Å². The van der Waals surface area contributed by atoms with E-state index in [-0.39, 0.29) is 11.9 Å². The van der Waals surface area contributed by atoms with Crippen LogP contribution in [0.5, 0.6) is 0 Å². The summed E-state index contributed by atoms with van der Waals surface area (Å²) in [5.41, 5.74) is 4.28. The van der Waals surface area contributed by atoms with E-state index in [0.717, 1.165) is 34.7 Å². The van der Waals surface area contributed by atoms with Crippen molar-refractivity contribution in [3.8, 4) is 5.69 Å². The Kier molecular flexibility index (Phi) is 5.99. The Morgan fingerprint density at radius 3 is 2.50 bits per heavy atom. The van der Waals surface area contributed by atoms with Crippen molar-refractivity contribution in [3.05, 3.63) is 54.1 Å². The van der Waals surface area contributed by atoms with E-state index in [9.17, 15) is 4.79 Å². The van der Waals surface area contributed by atoms with E-state index in [2.05, 4.69) is 61.0 Å². The number of hydrogen-bond acceptors (Lipinski definition) is 3. The highest BCUT2D eigenvalue weighted by atomic mass is 32.2. The quantitative estimate of drug-likeness (QED) is 0.614. The Balaban J connectivity index is 1.87. The van der Waals surface area contributed by atoms with E-state index in [0.29, 0.717) is 5.75 Å². The fourth-order valence-electron chi connectivity index (χ4n) is 2.94. The predicted octanol–water partition coefficient (Wildman–Crippen LogP) is 4.73. The predicted molar refractivity (Wildman–Crippen MR) is 109 cm³/mol. The van der Waals surface area contributed by atoms with Crippen molar-refractivity contribution in [1.82, 2.24) is 14.9 Å². The third kappa shape index (κ3) is 4.10. The van der Waals surface area contributed by atoms with Crippen LogP contribution in [0.4, 0.5) is 0 Å². The van der Waals surface area contributed by atoms with Gasteiger partial charge >= 0.3 is 0 Å². The van der Waals surface area contributed by atoms with Gasteiger partial charge in [-0.15, -0.1) is 0 Å². The minimum absolute atomic E-state index is 0.0613. The van der Waals surface area contributed by atoms with Gasteiger partial charge in [0.25, 0.3) is 0 Å². The summed E-state index contributed by atoms with van der Waals surface area (Å²) < 4.78 is 2.13. The Bertz CT molecular complexity index is 882. The van der Waals surface area contributed by atoms with Gasteiger partial charge in [0.1, 0.15) is 0 Å². The van der Waals surface area contributed by atoms with Crippen molar-refractivity contribution >= 4 is 28.7 Å². The van der Waals surface area contributed by atoms with Crippen molar-refractivity contribution in [2.75, 3.05) is 5.75 Å². The molecule has 0 spiro atoms. The third-order valence-corrected chi connectivity index (χ3v) is 5.44. The molecule has 5 heteroatoms. The van der Waals surface area contributed by atoms with E-state index >= 15 is 0 Å². The average Bonchev–Trinajstić information content (AvgIpc) is 3.03. The van der Waals surface area contributed by atoms with Crippen LogP contribution in [0.2, 0.25) is 0 Å². The lowest BCUT2D eigenvalue weighted by atomic mass is 10.2. The molecule has 3 aromatic rings. The van der Waals surface area contributed by atoms with E-state index in [1.165, 1.54) is 17.3 Å². The Labute approximate surface area is 159 Å². The summed E-state index contributed by atoms with van der Waals surface area (Å²) in [6, 6.07) is 16.7. The van der Waals surface area contributed by atoms with E-state index in [1.807, 2.05) is 18.2 Å². The molecule has 0 aliphatic heterocycles. The number of carbonyl (C=O) groups is 1. The fourth-order valence-corrected chi connectivity index (χ4v) is 3.78. The van der Waals surface area contributed by atoms with Crippen LogP contribution in [-0.2, 0) is 4.79 Å². The summed E-state index contributed by atoms with van der Waals surface area (Å²) in [7, 11) is 0. The number of benzene rings is 2. The van der Waals surface area contributed by atoms with E-state index < -0.39 is 0 Å². The summed E-state index contributed by atoms with van der Waals surface area (Å²) in [6.45, 7) is 6.27. The molecule has 1 amide bonds. The van der Waals surface area contributed by atoms with E-state index in [1.54, 1.807) is 0 Å². The molecule has 0 bridgehead atoms. The molecule has 0 fully saturated rings. The summed E-state index contributed by atoms with van der Waals surface area (Å²) in [4.78, 5) is 17.0. The number of para-hydroxylation sites is 2. The van der Waals surface area contributed by atoms with Crippen LogP contribution in [0.15, 0.2) is 53.7 Å². The molecular weight excluding hydrogens is 342 g/mol. The van der Waals surface area contributed by atoms with Crippen molar-refractivity contribution in [1.29, 1.82) is 0 Å². The molecule has 136 valence electrons. The number of thioether (sulfide) groups is 1. The largest absolute Gasteiger partial charge is 0.353 e. The van der Waals surface area contributed by atoms with Gasteiger partial charge in [-0.05, 0) is 44.0 Å². The topological polar surface area (TPSA) is 46.9 Å². The Morgan fingerprint density at radius 1 is 1.12 bits per heavy atom. The number of amides is 1. The van der Waals surface area contributed by atoms with Gasteiger partial charge < -0.3 is 5.32 Å². The number of carbonyl (C=O) groups excluding carboxylic acids is 1. The van der Waals surface area contributed by atoms with Gasteiger partial charge in [-0.3, -0.25) is 9.36 Å². The first-order valence-corrected chi connectivity index (χ1v) is 10.1. The molecule has 2 aromatic carbocycles. The Hall–Kier alpha value is -2.27. The lowest BCUT2D eigenvalue weighted by Crippen LogP contribution is -2.35. The normalized spacial score (nSPS) is 11.2. The molecule has 26 heavy (non-hydrogen) atoms. The number of aromatic nitrogens is 2. The molecular formula is C21H25N3OS. The first-order chi connectivity index (χ1) is 12.6. The molecule has 0 aliphatic rings. The minimum atomic E-state index is 0.0613. The monoisotopic (exact) mass is 367 g/mol. The number of nitrogens with zero attached hydrogens (tertiary/aromatic N) is 2. The molecule has 1 aromatic heterocycles. The number of imidazole rings is 1. The maximum atomic E-state index is 12.3. The molecule has 0 saturated heterocycles. The van der Waals surface area contributed by atoms with Gasteiger partial charge in [0.2, 0.25) is 5.91 Å². The zero-order chi connectivity index (χ0) is 18.5. The maximum Gasteiger partial charge on any atom is 0.230 e. The van der Waals surface area contributed by atoms with Gasteiger partial charge in [-0.25, -0.2) is 4.98 Å². The van der Waals surface area contributed by atoms with Gasteiger partial charge in [0.15, 0.2) is 5.16 Å². The van der Waals surface area contributed by atoms with Crippen LogP contribution >= 0.6 is 11.8 Å². The second kappa shape index (κ2) is 8.41. The zero-order valence-corrected chi connectivity index (χ0v) is 16.3. The van der Waals surface area contributed by atoms with Gasteiger partial charge in [-0.2, -0.15) is 0 Å². The Morgan fingerprint density at radius 2 is 1.81 bits per heavy atom. The van der Waals surface area contributed by atoms with Gasteiger partial charge in [-0.1, -0.05) is 55.4 Å². The van der Waals surface area contributed by atoms with Crippen LogP contribution in [0.3, 0.4) is 0 Å². The lowest BCUT2D eigenvalue weighted by Gasteiger charge is -2.14. The first-order valence-electron chi connectivity index (χ1n) is 9.09. The molecule has 0 unspecified atom stereocenters. The molecule has 0 radical (unpaired) electrons. The van der Waals surface area contributed by atoms with Crippen LogP contribution in [0.25, 0.3) is 16.7 Å². The second-order valence-electron chi connectivity index (χ2n) is 6.42. The van der Waals surface area contributed by atoms with Crippen LogP contribution in [0.1, 0.15) is 32.3 Å². The molecule has 0 aliphatic carbocycles. The second-order valence-corrected chi connectivity index (χ2v) is 7.37. The van der Waals surface area contributed by atoms with Crippen molar-refractivity contribution in [3.63, 3.8) is 0 Å². The van der Waals surface area contributed by atoms with Crippen molar-refractivity contribution in [2.45, 2.75) is 44.8 Å². The summed E-state index contributed by atoms with van der Waals surface area (Å²) >= 11 is 1.48. The highest BCUT2D eigenvalue weighted by Crippen LogP contribution is 2.28. The fraction of sp³-hybridized carbons (Fsp3) is 0.333. The molecule has 0 saturated carbocycles. The summed E-state index contributed by atoms with van der Waals surface area (Å²) in [5, 5.41) is 3.93. The highest BCUT2D eigenvalue weighted by molar-refractivity contribution is 7.99. The number of hydrogen-bond donors (Lipinski definition) is 1. The van der Waals surface area contributed by atoms with Crippen molar-refractivity contribution < 1.29 is 4.79 Å². The number of fused-ring (bicyclic) bond motifs is 1. The average molecular weight is 368 g/mol. The first kappa shape index (κ1) is 18.5.